The van der Waals surface area contributed by atoms with Crippen LogP contribution in [0.2, 0.25) is 0 Å². The number of thiophene rings is 1. The Morgan fingerprint density at radius 3 is 2.70 bits per heavy atom. The summed E-state index contributed by atoms with van der Waals surface area (Å²) < 4.78 is 0. The van der Waals surface area contributed by atoms with E-state index in [0.717, 1.165) is 19.3 Å². The molecule has 6 heteroatoms. The van der Waals surface area contributed by atoms with Crippen LogP contribution in [-0.2, 0) is 11.2 Å². The monoisotopic (exact) mass is 296 g/mol. The Hall–Kier alpha value is -1.56. The summed E-state index contributed by atoms with van der Waals surface area (Å²) >= 11 is 1.69. The van der Waals surface area contributed by atoms with E-state index < -0.39 is 5.97 Å². The standard InChI is InChI=1S/C14H20N2O3S/c1-15(8-6-12-3-2-10-20-12)14(19)16(11-4-5-11)9-7-13(17)18/h2-3,10-11H,4-9H2,1H3,(H,17,18). The van der Waals surface area contributed by atoms with Crippen molar-refractivity contribution in [2.24, 2.45) is 0 Å². The molecule has 0 radical (unpaired) electrons. The van der Waals surface area contributed by atoms with Gasteiger partial charge < -0.3 is 14.9 Å². The first kappa shape index (κ1) is 14.8. The van der Waals surface area contributed by atoms with E-state index in [1.165, 1.54) is 4.88 Å². The predicted octanol–water partition coefficient (Wildman–Crippen LogP) is 2.28. The van der Waals surface area contributed by atoms with Crippen molar-refractivity contribution in [2.75, 3.05) is 20.1 Å². The molecule has 0 unspecified atom stereocenters. The summed E-state index contributed by atoms with van der Waals surface area (Å²) in [6.07, 6.45) is 2.84. The molecule has 1 aromatic heterocycles. The van der Waals surface area contributed by atoms with Crippen LogP contribution in [0.4, 0.5) is 4.79 Å². The number of carboxylic acid groups (broad SMARTS) is 1. The number of carbonyl (C=O) groups excluding carboxylic acids is 1. The molecule has 0 saturated heterocycles. The van der Waals surface area contributed by atoms with Gasteiger partial charge in [0.05, 0.1) is 6.42 Å². The maximum Gasteiger partial charge on any atom is 0.320 e. The van der Waals surface area contributed by atoms with E-state index in [1.807, 2.05) is 11.4 Å². The Kier molecular flexibility index (Phi) is 5.00. The number of nitrogens with zero attached hydrogens (tertiary/aromatic N) is 2. The number of carboxylic acids is 1. The number of urea groups is 1. The summed E-state index contributed by atoms with van der Waals surface area (Å²) in [6, 6.07) is 4.26. The van der Waals surface area contributed by atoms with E-state index >= 15 is 0 Å². The van der Waals surface area contributed by atoms with Crippen LogP contribution in [0.15, 0.2) is 17.5 Å². The fourth-order valence-corrected chi connectivity index (χ4v) is 2.78. The van der Waals surface area contributed by atoms with Gasteiger partial charge in [0.25, 0.3) is 0 Å². The largest absolute Gasteiger partial charge is 0.481 e. The van der Waals surface area contributed by atoms with Gasteiger partial charge in [-0.1, -0.05) is 6.07 Å². The van der Waals surface area contributed by atoms with Gasteiger partial charge in [-0.15, -0.1) is 11.3 Å². The molecule has 1 fully saturated rings. The van der Waals surface area contributed by atoms with Crippen molar-refractivity contribution in [1.82, 2.24) is 9.80 Å². The van der Waals surface area contributed by atoms with Gasteiger partial charge in [-0.3, -0.25) is 4.79 Å². The highest BCUT2D eigenvalue weighted by Crippen LogP contribution is 2.27. The second kappa shape index (κ2) is 6.74. The van der Waals surface area contributed by atoms with Gasteiger partial charge in [0, 0.05) is 31.1 Å². The first-order chi connectivity index (χ1) is 9.58. The molecule has 0 bridgehead atoms. The van der Waals surface area contributed by atoms with Crippen LogP contribution in [0.5, 0.6) is 0 Å². The fraction of sp³-hybridized carbons (Fsp3) is 0.571. The van der Waals surface area contributed by atoms with Gasteiger partial charge in [-0.2, -0.15) is 0 Å². The highest BCUT2D eigenvalue weighted by molar-refractivity contribution is 7.09. The SMILES string of the molecule is CN(CCc1cccs1)C(=O)N(CCC(=O)O)C1CC1. The molecular formula is C14H20N2O3S. The molecule has 1 aliphatic carbocycles. The van der Waals surface area contributed by atoms with E-state index in [-0.39, 0.29) is 18.5 Å². The van der Waals surface area contributed by atoms with Crippen LogP contribution in [0, 0.1) is 0 Å². The Morgan fingerprint density at radius 2 is 2.15 bits per heavy atom. The number of carbonyl (C=O) groups is 2. The van der Waals surface area contributed by atoms with Crippen LogP contribution in [0.25, 0.3) is 0 Å². The second-order valence-electron chi connectivity index (χ2n) is 5.10. The van der Waals surface area contributed by atoms with Crippen molar-refractivity contribution in [3.63, 3.8) is 0 Å². The minimum absolute atomic E-state index is 0.0149. The minimum Gasteiger partial charge on any atom is -0.481 e. The maximum atomic E-state index is 12.4. The summed E-state index contributed by atoms with van der Waals surface area (Å²) in [5.41, 5.74) is 0. The third-order valence-electron chi connectivity index (χ3n) is 3.40. The van der Waals surface area contributed by atoms with E-state index in [4.69, 9.17) is 5.11 Å². The average Bonchev–Trinajstić information content (AvgIpc) is 3.11. The first-order valence-electron chi connectivity index (χ1n) is 6.84. The summed E-state index contributed by atoms with van der Waals surface area (Å²) in [5, 5.41) is 10.8. The highest BCUT2D eigenvalue weighted by atomic mass is 32.1. The zero-order chi connectivity index (χ0) is 14.5. The van der Waals surface area contributed by atoms with E-state index in [9.17, 15) is 9.59 Å². The van der Waals surface area contributed by atoms with Crippen molar-refractivity contribution in [3.05, 3.63) is 22.4 Å². The molecular weight excluding hydrogens is 276 g/mol. The third kappa shape index (κ3) is 4.23. The van der Waals surface area contributed by atoms with Gasteiger partial charge in [0.1, 0.15) is 0 Å². The van der Waals surface area contributed by atoms with Gasteiger partial charge >= 0.3 is 12.0 Å². The summed E-state index contributed by atoms with van der Waals surface area (Å²) in [5.74, 6) is -0.857. The van der Waals surface area contributed by atoms with Gasteiger partial charge in [0.2, 0.25) is 0 Å². The van der Waals surface area contributed by atoms with E-state index in [2.05, 4.69) is 6.07 Å². The molecule has 0 atom stereocenters. The number of aliphatic carboxylic acids is 1. The van der Waals surface area contributed by atoms with Crippen molar-refractivity contribution in [2.45, 2.75) is 31.7 Å². The van der Waals surface area contributed by atoms with Crippen LogP contribution in [0.3, 0.4) is 0 Å². The smallest absolute Gasteiger partial charge is 0.320 e. The lowest BCUT2D eigenvalue weighted by molar-refractivity contribution is -0.137. The Labute approximate surface area is 122 Å². The first-order valence-corrected chi connectivity index (χ1v) is 7.72. The molecule has 0 aromatic carbocycles. The molecule has 1 N–H and O–H groups in total. The number of likely N-dealkylation sites (N-methyl/N-ethyl adjacent to an activating group) is 1. The van der Waals surface area contributed by atoms with Crippen molar-refractivity contribution >= 4 is 23.3 Å². The molecule has 1 aromatic rings. The molecule has 5 nitrogen and oxygen atoms in total. The lowest BCUT2D eigenvalue weighted by Crippen LogP contribution is -2.44. The van der Waals surface area contributed by atoms with Crippen molar-refractivity contribution in [1.29, 1.82) is 0 Å². The number of hydrogen-bond donors (Lipinski definition) is 1. The topological polar surface area (TPSA) is 60.9 Å². The predicted molar refractivity (Wildman–Crippen MR) is 78.0 cm³/mol. The Balaban J connectivity index is 1.84. The summed E-state index contributed by atoms with van der Waals surface area (Å²) in [4.78, 5) is 27.7. The minimum atomic E-state index is -0.857. The van der Waals surface area contributed by atoms with Crippen LogP contribution >= 0.6 is 11.3 Å². The van der Waals surface area contributed by atoms with Crippen molar-refractivity contribution in [3.8, 4) is 0 Å². The molecule has 110 valence electrons. The zero-order valence-corrected chi connectivity index (χ0v) is 12.4. The molecule has 2 amide bonds. The molecule has 20 heavy (non-hydrogen) atoms. The van der Waals surface area contributed by atoms with Gasteiger partial charge in [-0.05, 0) is 30.7 Å². The van der Waals surface area contributed by atoms with Crippen LogP contribution < -0.4 is 0 Å². The van der Waals surface area contributed by atoms with E-state index in [0.29, 0.717) is 13.1 Å². The Bertz CT molecular complexity index is 457. The average molecular weight is 296 g/mol. The molecule has 2 rings (SSSR count). The summed E-state index contributed by atoms with van der Waals surface area (Å²) in [6.45, 7) is 0.970. The number of hydrogen-bond acceptors (Lipinski definition) is 3. The maximum absolute atomic E-state index is 12.4. The lowest BCUT2D eigenvalue weighted by Gasteiger charge is -2.27. The van der Waals surface area contributed by atoms with Crippen LogP contribution in [0.1, 0.15) is 24.1 Å². The third-order valence-corrected chi connectivity index (χ3v) is 4.34. The normalized spacial score (nSPS) is 14.1. The molecule has 0 spiro atoms. The fourth-order valence-electron chi connectivity index (χ4n) is 2.08. The summed E-state index contributed by atoms with van der Waals surface area (Å²) in [7, 11) is 1.78. The molecule has 1 saturated carbocycles. The van der Waals surface area contributed by atoms with Gasteiger partial charge in [-0.25, -0.2) is 4.79 Å². The van der Waals surface area contributed by atoms with E-state index in [1.54, 1.807) is 28.2 Å². The number of amides is 2. The lowest BCUT2D eigenvalue weighted by atomic mass is 10.3. The zero-order valence-electron chi connectivity index (χ0n) is 11.6. The molecule has 0 aliphatic heterocycles. The molecule has 1 heterocycles. The quantitative estimate of drug-likeness (QED) is 0.839. The Morgan fingerprint density at radius 1 is 1.40 bits per heavy atom. The second-order valence-corrected chi connectivity index (χ2v) is 6.13. The van der Waals surface area contributed by atoms with Crippen LogP contribution in [-0.4, -0.2) is 53.1 Å². The molecule has 1 aliphatic rings. The van der Waals surface area contributed by atoms with Crippen molar-refractivity contribution < 1.29 is 14.7 Å². The van der Waals surface area contributed by atoms with Gasteiger partial charge in [0.15, 0.2) is 0 Å². The highest BCUT2D eigenvalue weighted by Gasteiger charge is 2.33. The number of rotatable bonds is 7.